The van der Waals surface area contributed by atoms with Crippen molar-refractivity contribution in [1.82, 2.24) is 5.32 Å². The van der Waals surface area contributed by atoms with Crippen molar-refractivity contribution in [1.29, 1.82) is 0 Å². The fraction of sp³-hybridized carbons (Fsp3) is 0.333. The van der Waals surface area contributed by atoms with Gasteiger partial charge >= 0.3 is 0 Å². The Morgan fingerprint density at radius 1 is 1.29 bits per heavy atom. The molecule has 0 aliphatic heterocycles. The summed E-state index contributed by atoms with van der Waals surface area (Å²) in [6.07, 6.45) is 2.50. The van der Waals surface area contributed by atoms with Crippen LogP contribution in [0.15, 0.2) is 34.8 Å². The summed E-state index contributed by atoms with van der Waals surface area (Å²) in [4.78, 5) is 0. The Bertz CT molecular complexity index is 737. The largest absolute Gasteiger partial charge is 0.493 e. The molecule has 0 atom stereocenters. The van der Waals surface area contributed by atoms with Gasteiger partial charge in [0.05, 0.1) is 16.6 Å². The first kappa shape index (κ1) is 17.5. The number of hydrogen-bond acceptors (Lipinski definition) is 3. The Balaban J connectivity index is 1.73. The van der Waals surface area contributed by atoms with E-state index in [1.54, 1.807) is 13.2 Å². The fourth-order valence-electron chi connectivity index (χ4n) is 2.35. The van der Waals surface area contributed by atoms with Gasteiger partial charge in [-0.05, 0) is 58.6 Å². The molecule has 0 spiro atoms. The van der Waals surface area contributed by atoms with Crippen LogP contribution in [-0.2, 0) is 13.2 Å². The lowest BCUT2D eigenvalue weighted by atomic mass is 10.2. The summed E-state index contributed by atoms with van der Waals surface area (Å²) in [6.45, 7) is 1.03. The van der Waals surface area contributed by atoms with Crippen LogP contribution in [0.2, 0.25) is 5.02 Å². The average molecular weight is 415 g/mol. The summed E-state index contributed by atoms with van der Waals surface area (Å²) >= 11 is 9.58. The molecule has 3 nitrogen and oxygen atoms in total. The molecular weight excluding hydrogens is 397 g/mol. The number of benzene rings is 2. The van der Waals surface area contributed by atoms with Crippen LogP contribution in [0, 0.1) is 5.82 Å². The highest BCUT2D eigenvalue weighted by molar-refractivity contribution is 9.10. The fourth-order valence-corrected chi connectivity index (χ4v) is 3.18. The highest BCUT2D eigenvalue weighted by atomic mass is 79.9. The van der Waals surface area contributed by atoms with E-state index in [0.717, 1.165) is 16.6 Å². The van der Waals surface area contributed by atoms with Gasteiger partial charge in [0.25, 0.3) is 0 Å². The van der Waals surface area contributed by atoms with Crippen molar-refractivity contribution in [2.45, 2.75) is 32.0 Å². The SMILES string of the molecule is COc1cc(CNC2CC2)cc(Br)c1OCc1ccc(F)cc1Cl. The van der Waals surface area contributed by atoms with E-state index >= 15 is 0 Å². The third kappa shape index (κ3) is 4.41. The van der Waals surface area contributed by atoms with Gasteiger partial charge in [-0.25, -0.2) is 4.39 Å². The van der Waals surface area contributed by atoms with Crippen molar-refractivity contribution in [3.63, 3.8) is 0 Å². The van der Waals surface area contributed by atoms with Gasteiger partial charge < -0.3 is 14.8 Å². The molecule has 6 heteroatoms. The van der Waals surface area contributed by atoms with Crippen molar-refractivity contribution in [3.8, 4) is 11.5 Å². The van der Waals surface area contributed by atoms with Crippen LogP contribution in [0.4, 0.5) is 4.39 Å². The highest BCUT2D eigenvalue weighted by Crippen LogP contribution is 2.37. The van der Waals surface area contributed by atoms with E-state index in [-0.39, 0.29) is 12.4 Å². The summed E-state index contributed by atoms with van der Waals surface area (Å²) in [6, 6.07) is 8.88. The molecule has 0 bridgehead atoms. The smallest absolute Gasteiger partial charge is 0.175 e. The van der Waals surface area contributed by atoms with Crippen LogP contribution in [0.3, 0.4) is 0 Å². The number of rotatable bonds is 7. The second-order valence-corrected chi connectivity index (χ2v) is 7.05. The summed E-state index contributed by atoms with van der Waals surface area (Å²) < 4.78 is 25.2. The monoisotopic (exact) mass is 413 g/mol. The van der Waals surface area contributed by atoms with E-state index in [4.69, 9.17) is 21.1 Å². The van der Waals surface area contributed by atoms with Crippen molar-refractivity contribution in [2.24, 2.45) is 0 Å². The molecule has 1 saturated carbocycles. The van der Waals surface area contributed by atoms with Crippen LogP contribution >= 0.6 is 27.5 Å². The van der Waals surface area contributed by atoms with Gasteiger partial charge in [0.2, 0.25) is 0 Å². The molecule has 0 saturated heterocycles. The molecular formula is C18H18BrClFNO2. The van der Waals surface area contributed by atoms with Crippen LogP contribution in [0.25, 0.3) is 0 Å². The van der Waals surface area contributed by atoms with E-state index in [2.05, 4.69) is 21.2 Å². The first-order chi connectivity index (χ1) is 11.6. The van der Waals surface area contributed by atoms with Gasteiger partial charge in [0, 0.05) is 18.2 Å². The van der Waals surface area contributed by atoms with E-state index in [0.29, 0.717) is 28.1 Å². The van der Waals surface area contributed by atoms with E-state index in [9.17, 15) is 4.39 Å². The van der Waals surface area contributed by atoms with Gasteiger partial charge in [0.15, 0.2) is 11.5 Å². The summed E-state index contributed by atoms with van der Waals surface area (Å²) in [7, 11) is 1.61. The molecule has 0 unspecified atom stereocenters. The Hall–Kier alpha value is -1.30. The van der Waals surface area contributed by atoms with Crippen molar-refractivity contribution in [2.75, 3.05) is 7.11 Å². The van der Waals surface area contributed by atoms with Crippen LogP contribution in [0.1, 0.15) is 24.0 Å². The van der Waals surface area contributed by atoms with E-state index in [1.165, 1.54) is 25.0 Å². The molecule has 0 radical (unpaired) electrons. The van der Waals surface area contributed by atoms with Crippen molar-refractivity contribution >= 4 is 27.5 Å². The predicted octanol–water partition coefficient (Wildman–Crippen LogP) is 5.08. The lowest BCUT2D eigenvalue weighted by Gasteiger charge is -2.15. The first-order valence-corrected chi connectivity index (χ1v) is 8.90. The molecule has 1 N–H and O–H groups in total. The molecule has 1 aliphatic carbocycles. The molecule has 1 aliphatic rings. The number of halogens is 3. The summed E-state index contributed by atoms with van der Waals surface area (Å²) in [5.74, 6) is 0.887. The Morgan fingerprint density at radius 2 is 2.08 bits per heavy atom. The quantitative estimate of drug-likeness (QED) is 0.685. The highest BCUT2D eigenvalue weighted by Gasteiger charge is 2.20. The maximum absolute atomic E-state index is 13.1. The van der Waals surface area contributed by atoms with Gasteiger partial charge in [-0.1, -0.05) is 17.7 Å². The maximum Gasteiger partial charge on any atom is 0.175 e. The Labute approximate surface area is 154 Å². The van der Waals surface area contributed by atoms with E-state index in [1.807, 2.05) is 12.1 Å². The average Bonchev–Trinajstić information content (AvgIpc) is 3.37. The Morgan fingerprint density at radius 3 is 2.75 bits per heavy atom. The standard InChI is InChI=1S/C18H18BrClFNO2/c1-23-17-7-11(9-22-14-4-5-14)6-15(19)18(17)24-10-12-2-3-13(21)8-16(12)20/h2-3,6-8,14,22H,4-5,9-10H2,1H3. The number of nitrogens with one attached hydrogen (secondary N) is 1. The van der Waals surface area contributed by atoms with Crippen LogP contribution in [-0.4, -0.2) is 13.2 Å². The summed E-state index contributed by atoms with van der Waals surface area (Å²) in [5.41, 5.74) is 1.84. The normalized spacial score (nSPS) is 13.8. The number of hydrogen-bond donors (Lipinski definition) is 1. The summed E-state index contributed by atoms with van der Waals surface area (Å²) in [5, 5.41) is 3.81. The second-order valence-electron chi connectivity index (χ2n) is 5.79. The molecule has 3 rings (SSSR count). The Kier molecular flexibility index (Phi) is 5.64. The van der Waals surface area contributed by atoms with Gasteiger partial charge in [0.1, 0.15) is 12.4 Å². The van der Waals surface area contributed by atoms with Gasteiger partial charge in [-0.15, -0.1) is 0 Å². The second kappa shape index (κ2) is 7.72. The molecule has 0 heterocycles. The molecule has 0 amide bonds. The molecule has 0 aromatic heterocycles. The maximum atomic E-state index is 13.1. The topological polar surface area (TPSA) is 30.5 Å². The molecule has 2 aromatic carbocycles. The van der Waals surface area contributed by atoms with Crippen molar-refractivity contribution in [3.05, 3.63) is 56.8 Å². The molecule has 128 valence electrons. The van der Waals surface area contributed by atoms with Crippen LogP contribution < -0.4 is 14.8 Å². The zero-order valence-corrected chi connectivity index (χ0v) is 15.6. The zero-order valence-electron chi connectivity index (χ0n) is 13.2. The molecule has 2 aromatic rings. The number of ether oxygens (including phenoxy) is 2. The van der Waals surface area contributed by atoms with Crippen LogP contribution in [0.5, 0.6) is 11.5 Å². The number of methoxy groups -OCH3 is 1. The van der Waals surface area contributed by atoms with Gasteiger partial charge in [-0.2, -0.15) is 0 Å². The minimum absolute atomic E-state index is 0.230. The van der Waals surface area contributed by atoms with Crippen molar-refractivity contribution < 1.29 is 13.9 Å². The molecule has 1 fully saturated rings. The van der Waals surface area contributed by atoms with Gasteiger partial charge in [-0.3, -0.25) is 0 Å². The third-order valence-electron chi connectivity index (χ3n) is 3.85. The predicted molar refractivity (Wildman–Crippen MR) is 96.3 cm³/mol. The minimum atomic E-state index is -0.366. The first-order valence-electron chi connectivity index (χ1n) is 7.73. The third-order valence-corrected chi connectivity index (χ3v) is 4.79. The zero-order chi connectivity index (χ0) is 17.1. The molecule has 24 heavy (non-hydrogen) atoms. The lowest BCUT2D eigenvalue weighted by molar-refractivity contribution is 0.282. The van der Waals surface area contributed by atoms with E-state index < -0.39 is 0 Å². The lowest BCUT2D eigenvalue weighted by Crippen LogP contribution is -2.15. The minimum Gasteiger partial charge on any atom is -0.493 e.